The minimum Gasteiger partial charge on any atom is -0.393 e. The molecular weight excluding hydrogens is 288 g/mol. The SMILES string of the molecule is CCNC(=NCC(C)N1CCC(C)CC1)NC1CCC(O)CC1. The van der Waals surface area contributed by atoms with Crippen molar-refractivity contribution in [3.8, 4) is 0 Å². The summed E-state index contributed by atoms with van der Waals surface area (Å²) in [4.78, 5) is 7.38. The smallest absolute Gasteiger partial charge is 0.191 e. The summed E-state index contributed by atoms with van der Waals surface area (Å²) in [6, 6.07) is 0.952. The van der Waals surface area contributed by atoms with Gasteiger partial charge in [0.05, 0.1) is 12.6 Å². The van der Waals surface area contributed by atoms with E-state index in [0.717, 1.165) is 50.7 Å². The maximum atomic E-state index is 9.62. The Bertz CT molecular complexity index is 358. The van der Waals surface area contributed by atoms with Crippen LogP contribution in [0.25, 0.3) is 0 Å². The monoisotopic (exact) mass is 324 g/mol. The summed E-state index contributed by atoms with van der Waals surface area (Å²) in [5.41, 5.74) is 0. The molecule has 5 heteroatoms. The quantitative estimate of drug-likeness (QED) is 0.534. The molecule has 1 aliphatic heterocycles. The van der Waals surface area contributed by atoms with Crippen molar-refractivity contribution in [1.82, 2.24) is 15.5 Å². The molecule has 2 aliphatic rings. The van der Waals surface area contributed by atoms with Gasteiger partial charge in [0, 0.05) is 18.6 Å². The van der Waals surface area contributed by atoms with Crippen LogP contribution >= 0.6 is 0 Å². The van der Waals surface area contributed by atoms with Crippen LogP contribution in [0.4, 0.5) is 0 Å². The van der Waals surface area contributed by atoms with E-state index in [4.69, 9.17) is 4.99 Å². The van der Waals surface area contributed by atoms with Crippen molar-refractivity contribution in [3.05, 3.63) is 0 Å². The van der Waals surface area contributed by atoms with Gasteiger partial charge in [0.2, 0.25) is 0 Å². The van der Waals surface area contributed by atoms with E-state index >= 15 is 0 Å². The first-order valence-corrected chi connectivity index (χ1v) is 9.55. The third kappa shape index (κ3) is 6.30. The number of likely N-dealkylation sites (tertiary alicyclic amines) is 1. The lowest BCUT2D eigenvalue weighted by Gasteiger charge is -2.34. The molecule has 3 N–H and O–H groups in total. The minimum atomic E-state index is -0.103. The first-order valence-electron chi connectivity index (χ1n) is 9.55. The van der Waals surface area contributed by atoms with Crippen LogP contribution in [-0.4, -0.2) is 60.3 Å². The minimum absolute atomic E-state index is 0.103. The lowest BCUT2D eigenvalue weighted by Crippen LogP contribution is -2.46. The molecule has 1 aliphatic carbocycles. The van der Waals surface area contributed by atoms with Crippen molar-refractivity contribution in [3.63, 3.8) is 0 Å². The molecule has 1 atom stereocenters. The van der Waals surface area contributed by atoms with Gasteiger partial charge in [-0.3, -0.25) is 9.89 Å². The topological polar surface area (TPSA) is 59.9 Å². The zero-order chi connectivity index (χ0) is 16.7. The molecule has 0 radical (unpaired) electrons. The van der Waals surface area contributed by atoms with Gasteiger partial charge in [-0.25, -0.2) is 0 Å². The molecule has 0 bridgehead atoms. The van der Waals surface area contributed by atoms with Gasteiger partial charge in [0.25, 0.3) is 0 Å². The maximum Gasteiger partial charge on any atom is 0.191 e. The summed E-state index contributed by atoms with van der Waals surface area (Å²) in [7, 11) is 0. The standard InChI is InChI=1S/C18H36N4O/c1-4-19-18(21-16-5-7-17(23)8-6-16)20-13-15(3)22-11-9-14(2)10-12-22/h14-17,23H,4-13H2,1-3H3,(H2,19,20,21). The molecule has 5 nitrogen and oxygen atoms in total. The number of piperidine rings is 1. The highest BCUT2D eigenvalue weighted by atomic mass is 16.3. The maximum absolute atomic E-state index is 9.62. The van der Waals surface area contributed by atoms with Crippen LogP contribution in [0, 0.1) is 5.92 Å². The summed E-state index contributed by atoms with van der Waals surface area (Å²) >= 11 is 0. The second-order valence-electron chi connectivity index (χ2n) is 7.44. The molecule has 0 amide bonds. The highest BCUT2D eigenvalue weighted by Gasteiger charge is 2.21. The fraction of sp³-hybridized carbons (Fsp3) is 0.944. The van der Waals surface area contributed by atoms with E-state index in [1.54, 1.807) is 0 Å². The molecule has 1 unspecified atom stereocenters. The number of guanidine groups is 1. The largest absolute Gasteiger partial charge is 0.393 e. The number of rotatable bonds is 5. The van der Waals surface area contributed by atoms with E-state index < -0.39 is 0 Å². The Morgan fingerprint density at radius 3 is 2.43 bits per heavy atom. The van der Waals surface area contributed by atoms with Crippen molar-refractivity contribution in [2.45, 2.75) is 77.5 Å². The zero-order valence-corrected chi connectivity index (χ0v) is 15.2. The van der Waals surface area contributed by atoms with Crippen molar-refractivity contribution in [2.75, 3.05) is 26.2 Å². The van der Waals surface area contributed by atoms with E-state index in [1.165, 1.54) is 25.9 Å². The van der Waals surface area contributed by atoms with Gasteiger partial charge in [0.1, 0.15) is 0 Å². The van der Waals surface area contributed by atoms with Gasteiger partial charge in [-0.15, -0.1) is 0 Å². The lowest BCUT2D eigenvalue weighted by atomic mass is 9.93. The number of aliphatic hydroxyl groups is 1. The highest BCUT2D eigenvalue weighted by Crippen LogP contribution is 2.19. The number of aliphatic hydroxyl groups excluding tert-OH is 1. The van der Waals surface area contributed by atoms with Crippen LogP contribution in [0.15, 0.2) is 4.99 Å². The number of hydrogen-bond donors (Lipinski definition) is 3. The van der Waals surface area contributed by atoms with Gasteiger partial charge in [-0.2, -0.15) is 0 Å². The van der Waals surface area contributed by atoms with Crippen LogP contribution in [0.3, 0.4) is 0 Å². The number of aliphatic imine (C=N–C) groups is 1. The van der Waals surface area contributed by atoms with E-state index in [-0.39, 0.29) is 6.10 Å². The van der Waals surface area contributed by atoms with Crippen LogP contribution in [-0.2, 0) is 0 Å². The molecule has 0 spiro atoms. The summed E-state index contributed by atoms with van der Waals surface area (Å²) in [6.45, 7) is 10.9. The normalized spacial score (nSPS) is 29.3. The Hall–Kier alpha value is -0.810. The van der Waals surface area contributed by atoms with E-state index in [9.17, 15) is 5.11 Å². The number of nitrogens with zero attached hydrogens (tertiary/aromatic N) is 2. The fourth-order valence-corrected chi connectivity index (χ4v) is 3.54. The van der Waals surface area contributed by atoms with Gasteiger partial charge in [0.15, 0.2) is 5.96 Å². The van der Waals surface area contributed by atoms with Gasteiger partial charge in [-0.1, -0.05) is 6.92 Å². The molecular formula is C18H36N4O. The Labute approximate surface area is 141 Å². The molecule has 2 rings (SSSR count). The predicted molar refractivity (Wildman–Crippen MR) is 96.8 cm³/mol. The number of hydrogen-bond acceptors (Lipinski definition) is 3. The first-order chi connectivity index (χ1) is 11.1. The van der Waals surface area contributed by atoms with Crippen molar-refractivity contribution >= 4 is 5.96 Å². The van der Waals surface area contributed by atoms with Crippen LogP contribution in [0.2, 0.25) is 0 Å². The zero-order valence-electron chi connectivity index (χ0n) is 15.2. The predicted octanol–water partition coefficient (Wildman–Crippen LogP) is 1.97. The third-order valence-electron chi connectivity index (χ3n) is 5.34. The van der Waals surface area contributed by atoms with Crippen LogP contribution in [0.5, 0.6) is 0 Å². The molecule has 23 heavy (non-hydrogen) atoms. The van der Waals surface area contributed by atoms with Crippen LogP contribution < -0.4 is 10.6 Å². The summed E-state index contributed by atoms with van der Waals surface area (Å²) < 4.78 is 0. The Morgan fingerprint density at radius 2 is 1.83 bits per heavy atom. The molecule has 0 aromatic heterocycles. The van der Waals surface area contributed by atoms with Crippen molar-refractivity contribution in [2.24, 2.45) is 10.9 Å². The molecule has 2 fully saturated rings. The van der Waals surface area contributed by atoms with E-state index in [1.807, 2.05) is 0 Å². The Balaban J connectivity index is 1.80. The lowest BCUT2D eigenvalue weighted by molar-refractivity contribution is 0.120. The molecule has 1 heterocycles. The molecule has 1 saturated heterocycles. The summed E-state index contributed by atoms with van der Waals surface area (Å²) in [6.07, 6.45) is 6.40. The van der Waals surface area contributed by atoms with E-state index in [0.29, 0.717) is 12.1 Å². The summed E-state index contributed by atoms with van der Waals surface area (Å²) in [5.74, 6) is 1.81. The van der Waals surface area contributed by atoms with Crippen LogP contribution in [0.1, 0.15) is 59.3 Å². The van der Waals surface area contributed by atoms with E-state index in [2.05, 4.69) is 36.3 Å². The Morgan fingerprint density at radius 1 is 1.17 bits per heavy atom. The van der Waals surface area contributed by atoms with Crippen molar-refractivity contribution < 1.29 is 5.11 Å². The third-order valence-corrected chi connectivity index (χ3v) is 5.34. The van der Waals surface area contributed by atoms with Gasteiger partial charge < -0.3 is 15.7 Å². The fourth-order valence-electron chi connectivity index (χ4n) is 3.54. The molecule has 0 aromatic carbocycles. The van der Waals surface area contributed by atoms with Crippen molar-refractivity contribution in [1.29, 1.82) is 0 Å². The second-order valence-corrected chi connectivity index (χ2v) is 7.44. The number of nitrogens with one attached hydrogen (secondary N) is 2. The average Bonchev–Trinajstić information content (AvgIpc) is 2.55. The molecule has 0 aromatic rings. The van der Waals surface area contributed by atoms with Gasteiger partial charge >= 0.3 is 0 Å². The second kappa shape index (κ2) is 9.48. The van der Waals surface area contributed by atoms with Gasteiger partial charge in [-0.05, 0) is 71.4 Å². The average molecular weight is 325 g/mol. The first kappa shape index (κ1) is 18.5. The Kier molecular flexibility index (Phi) is 7.63. The highest BCUT2D eigenvalue weighted by molar-refractivity contribution is 5.80. The molecule has 134 valence electrons. The molecule has 1 saturated carbocycles. The summed E-state index contributed by atoms with van der Waals surface area (Å²) in [5, 5.41) is 16.5.